The number of nitrogens with zero attached hydrogens (tertiary/aromatic N) is 2. The molecular weight excluding hydrogens is 432 g/mol. The normalized spacial score (nSPS) is 16.7. The third kappa shape index (κ3) is 20.2. The lowest BCUT2D eigenvalue weighted by atomic mass is 9.99. The molecule has 1 heterocycles. The number of piperidine rings is 1. The number of hydrogen-bond donors (Lipinski definition) is 0. The fraction of sp³-hybridized carbons (Fsp3) is 0.968. The van der Waals surface area contributed by atoms with Gasteiger partial charge in [-0.05, 0) is 65.8 Å². The first kappa shape index (κ1) is 32.4. The molecular formula is C31H62N2O2. The Morgan fingerprint density at radius 2 is 1.31 bits per heavy atom. The summed E-state index contributed by atoms with van der Waals surface area (Å²) >= 11 is 0. The lowest BCUT2D eigenvalue weighted by Crippen LogP contribution is -2.40. The third-order valence-corrected chi connectivity index (χ3v) is 7.75. The van der Waals surface area contributed by atoms with Gasteiger partial charge in [-0.15, -0.1) is 0 Å². The molecule has 0 amide bonds. The molecule has 0 aromatic rings. The number of carbonyl (C=O) groups excluding carboxylic acids is 1. The number of hydrogen-bond acceptors (Lipinski definition) is 4. The fourth-order valence-electron chi connectivity index (χ4n) is 5.46. The van der Waals surface area contributed by atoms with Gasteiger partial charge in [-0.25, -0.2) is 0 Å². The van der Waals surface area contributed by atoms with Crippen LogP contribution < -0.4 is 0 Å². The molecule has 0 radical (unpaired) electrons. The van der Waals surface area contributed by atoms with Crippen LogP contribution in [0.5, 0.6) is 0 Å². The second-order valence-electron chi connectivity index (χ2n) is 11.4. The summed E-state index contributed by atoms with van der Waals surface area (Å²) in [6, 6.07) is 0.620. The van der Waals surface area contributed by atoms with E-state index in [4.69, 9.17) is 4.74 Å². The molecule has 4 heteroatoms. The van der Waals surface area contributed by atoms with Crippen molar-refractivity contribution in [1.82, 2.24) is 9.80 Å². The van der Waals surface area contributed by atoms with Gasteiger partial charge >= 0.3 is 5.97 Å². The first-order chi connectivity index (χ1) is 17.1. The SMILES string of the molecule is CCCCCCCCCCCCCCCCCCN1CCCCC1CCOC(=O)CCCN(C)C. The van der Waals surface area contributed by atoms with Crippen LogP contribution in [0.25, 0.3) is 0 Å². The van der Waals surface area contributed by atoms with E-state index >= 15 is 0 Å². The van der Waals surface area contributed by atoms with Gasteiger partial charge in [0.05, 0.1) is 6.61 Å². The van der Waals surface area contributed by atoms with E-state index in [2.05, 4.69) is 16.7 Å². The molecule has 1 aliphatic rings. The molecule has 0 aliphatic carbocycles. The molecule has 1 fully saturated rings. The first-order valence-corrected chi connectivity index (χ1v) is 15.7. The predicted molar refractivity (Wildman–Crippen MR) is 152 cm³/mol. The molecule has 1 aliphatic heterocycles. The van der Waals surface area contributed by atoms with Crippen LogP contribution in [0.15, 0.2) is 0 Å². The van der Waals surface area contributed by atoms with Crippen molar-refractivity contribution in [3.63, 3.8) is 0 Å². The van der Waals surface area contributed by atoms with E-state index in [1.54, 1.807) is 0 Å². The van der Waals surface area contributed by atoms with Crippen LogP contribution in [0.1, 0.15) is 148 Å². The average Bonchev–Trinajstić information content (AvgIpc) is 2.84. The number of esters is 1. The van der Waals surface area contributed by atoms with Gasteiger partial charge in [0.25, 0.3) is 0 Å². The van der Waals surface area contributed by atoms with Crippen molar-refractivity contribution in [2.24, 2.45) is 0 Å². The highest BCUT2D eigenvalue weighted by atomic mass is 16.5. The van der Waals surface area contributed by atoms with Gasteiger partial charge in [0, 0.05) is 12.5 Å². The molecule has 0 bridgehead atoms. The summed E-state index contributed by atoms with van der Waals surface area (Å²) in [5.74, 6) is -0.0213. The highest BCUT2D eigenvalue weighted by Crippen LogP contribution is 2.21. The summed E-state index contributed by atoms with van der Waals surface area (Å²) in [6.45, 7) is 6.32. The zero-order valence-corrected chi connectivity index (χ0v) is 24.2. The van der Waals surface area contributed by atoms with Gasteiger partial charge < -0.3 is 14.5 Å². The molecule has 0 spiro atoms. The van der Waals surface area contributed by atoms with Crippen LogP contribution in [0.2, 0.25) is 0 Å². The van der Waals surface area contributed by atoms with Gasteiger partial charge in [0.15, 0.2) is 0 Å². The zero-order chi connectivity index (χ0) is 25.4. The summed E-state index contributed by atoms with van der Waals surface area (Å²) in [5.41, 5.74) is 0. The lowest BCUT2D eigenvalue weighted by Gasteiger charge is -2.35. The van der Waals surface area contributed by atoms with Crippen LogP contribution in [-0.2, 0) is 9.53 Å². The van der Waals surface area contributed by atoms with Crippen molar-refractivity contribution >= 4 is 5.97 Å². The molecule has 4 nitrogen and oxygen atoms in total. The van der Waals surface area contributed by atoms with E-state index in [1.165, 1.54) is 135 Å². The Morgan fingerprint density at radius 3 is 1.86 bits per heavy atom. The number of unbranched alkanes of at least 4 members (excludes halogenated alkanes) is 15. The minimum Gasteiger partial charge on any atom is -0.466 e. The number of likely N-dealkylation sites (tertiary alicyclic amines) is 1. The quantitative estimate of drug-likeness (QED) is 0.0996. The van der Waals surface area contributed by atoms with Gasteiger partial charge in [-0.3, -0.25) is 4.79 Å². The Kier molecular flexibility index (Phi) is 22.0. The minimum atomic E-state index is -0.0213. The predicted octanol–water partition coefficient (Wildman–Crippen LogP) is 8.38. The number of ether oxygens (including phenoxy) is 1. The van der Waals surface area contributed by atoms with E-state index in [1.807, 2.05) is 14.1 Å². The molecule has 208 valence electrons. The molecule has 0 N–H and O–H groups in total. The van der Waals surface area contributed by atoms with Crippen molar-refractivity contribution in [3.8, 4) is 0 Å². The monoisotopic (exact) mass is 494 g/mol. The topological polar surface area (TPSA) is 32.8 Å². The Balaban J connectivity index is 1.93. The molecule has 1 atom stereocenters. The summed E-state index contributed by atoms with van der Waals surface area (Å²) < 4.78 is 5.53. The van der Waals surface area contributed by atoms with E-state index in [-0.39, 0.29) is 5.97 Å². The van der Waals surface area contributed by atoms with Crippen molar-refractivity contribution in [3.05, 3.63) is 0 Å². The van der Waals surface area contributed by atoms with Crippen LogP contribution in [0, 0.1) is 0 Å². The van der Waals surface area contributed by atoms with Gasteiger partial charge in [-0.2, -0.15) is 0 Å². The van der Waals surface area contributed by atoms with E-state index < -0.39 is 0 Å². The summed E-state index contributed by atoms with van der Waals surface area (Å²) in [6.07, 6.45) is 29.2. The molecule has 35 heavy (non-hydrogen) atoms. The average molecular weight is 495 g/mol. The summed E-state index contributed by atoms with van der Waals surface area (Å²) in [5, 5.41) is 0. The number of rotatable bonds is 24. The summed E-state index contributed by atoms with van der Waals surface area (Å²) in [4.78, 5) is 16.7. The first-order valence-electron chi connectivity index (χ1n) is 15.7. The van der Waals surface area contributed by atoms with Crippen LogP contribution >= 0.6 is 0 Å². The Hall–Kier alpha value is -0.610. The Morgan fingerprint density at radius 1 is 0.771 bits per heavy atom. The zero-order valence-electron chi connectivity index (χ0n) is 24.2. The largest absolute Gasteiger partial charge is 0.466 e. The fourth-order valence-corrected chi connectivity index (χ4v) is 5.46. The smallest absolute Gasteiger partial charge is 0.305 e. The van der Waals surface area contributed by atoms with E-state index in [9.17, 15) is 4.79 Å². The second kappa shape index (κ2) is 23.8. The minimum absolute atomic E-state index is 0.0213. The van der Waals surface area contributed by atoms with Crippen molar-refractivity contribution in [2.75, 3.05) is 40.3 Å². The molecule has 0 aromatic heterocycles. The van der Waals surface area contributed by atoms with Crippen molar-refractivity contribution in [2.45, 2.75) is 154 Å². The third-order valence-electron chi connectivity index (χ3n) is 7.75. The van der Waals surface area contributed by atoms with E-state index in [0.29, 0.717) is 19.1 Å². The number of carbonyl (C=O) groups is 1. The van der Waals surface area contributed by atoms with Gasteiger partial charge in [-0.1, -0.05) is 110 Å². The van der Waals surface area contributed by atoms with Crippen LogP contribution in [0.4, 0.5) is 0 Å². The maximum atomic E-state index is 11.9. The molecule has 0 aromatic carbocycles. The van der Waals surface area contributed by atoms with Gasteiger partial charge in [0.1, 0.15) is 0 Å². The second-order valence-corrected chi connectivity index (χ2v) is 11.4. The van der Waals surface area contributed by atoms with Crippen LogP contribution in [-0.4, -0.2) is 62.1 Å². The van der Waals surface area contributed by atoms with Crippen molar-refractivity contribution in [1.29, 1.82) is 0 Å². The molecule has 1 saturated heterocycles. The highest BCUT2D eigenvalue weighted by Gasteiger charge is 2.22. The molecule has 1 rings (SSSR count). The maximum absolute atomic E-state index is 11.9. The molecule has 0 saturated carbocycles. The lowest BCUT2D eigenvalue weighted by molar-refractivity contribution is -0.144. The highest BCUT2D eigenvalue weighted by molar-refractivity contribution is 5.69. The van der Waals surface area contributed by atoms with Crippen molar-refractivity contribution < 1.29 is 9.53 Å². The maximum Gasteiger partial charge on any atom is 0.305 e. The molecule has 1 unspecified atom stereocenters. The van der Waals surface area contributed by atoms with E-state index in [0.717, 1.165) is 19.4 Å². The summed E-state index contributed by atoms with van der Waals surface area (Å²) in [7, 11) is 4.09. The van der Waals surface area contributed by atoms with Crippen LogP contribution in [0.3, 0.4) is 0 Å². The Labute approximate surface area is 219 Å². The van der Waals surface area contributed by atoms with Gasteiger partial charge in [0.2, 0.25) is 0 Å². The Bertz CT molecular complexity index is 469. The standard InChI is InChI=1S/C31H62N2O2/c1-4-5-6-7-8-9-10-11-12-13-14-15-16-17-18-20-27-33-28-21-19-23-30(33)25-29-35-31(34)24-22-26-32(2)3/h30H,4-29H2,1-3H3.